The Hall–Kier alpha value is -2.14. The Morgan fingerprint density at radius 1 is 0.960 bits per heavy atom. The summed E-state index contributed by atoms with van der Waals surface area (Å²) in [6.07, 6.45) is 3.22. The summed E-state index contributed by atoms with van der Waals surface area (Å²) < 4.78 is 0. The first-order chi connectivity index (χ1) is 12.0. The van der Waals surface area contributed by atoms with E-state index in [1.807, 2.05) is 0 Å². The van der Waals surface area contributed by atoms with Gasteiger partial charge in [-0.05, 0) is 42.0 Å². The van der Waals surface area contributed by atoms with Crippen molar-refractivity contribution in [2.24, 2.45) is 0 Å². The zero-order chi connectivity index (χ0) is 17.8. The van der Waals surface area contributed by atoms with Crippen molar-refractivity contribution in [3.8, 4) is 11.3 Å². The summed E-state index contributed by atoms with van der Waals surface area (Å²) in [4.78, 5) is 20.6. The maximum absolute atomic E-state index is 12.2. The van der Waals surface area contributed by atoms with Crippen molar-refractivity contribution in [2.45, 2.75) is 6.54 Å². The van der Waals surface area contributed by atoms with Gasteiger partial charge in [-0.3, -0.25) is 14.8 Å². The van der Waals surface area contributed by atoms with E-state index in [0.29, 0.717) is 33.0 Å². The van der Waals surface area contributed by atoms with Crippen molar-refractivity contribution in [1.82, 2.24) is 15.3 Å². The summed E-state index contributed by atoms with van der Waals surface area (Å²) in [7, 11) is 0. The number of carbonyl (C=O) groups excluding carboxylic acids is 1. The van der Waals surface area contributed by atoms with Gasteiger partial charge in [0.05, 0.1) is 20.8 Å². The monoisotopic (exact) mass is 391 g/mol. The SMILES string of the molecule is O=C(NCc1ccc(Cl)c(Cl)c1)c1ccc(-c2ncccc2Cl)cn1. The summed E-state index contributed by atoms with van der Waals surface area (Å²) in [5.74, 6) is -0.287. The number of pyridine rings is 2. The second kappa shape index (κ2) is 7.83. The van der Waals surface area contributed by atoms with Gasteiger partial charge in [0.15, 0.2) is 0 Å². The van der Waals surface area contributed by atoms with Crippen LogP contribution >= 0.6 is 34.8 Å². The second-order valence-corrected chi connectivity index (χ2v) is 6.42. The summed E-state index contributed by atoms with van der Waals surface area (Å²) in [5.41, 5.74) is 2.52. The third kappa shape index (κ3) is 4.28. The average Bonchev–Trinajstić information content (AvgIpc) is 2.63. The van der Waals surface area contributed by atoms with Crippen molar-refractivity contribution >= 4 is 40.7 Å². The lowest BCUT2D eigenvalue weighted by Gasteiger charge is -2.07. The quantitative estimate of drug-likeness (QED) is 0.677. The molecular formula is C18H12Cl3N3O. The Labute approximate surface area is 159 Å². The Morgan fingerprint density at radius 2 is 1.80 bits per heavy atom. The van der Waals surface area contributed by atoms with E-state index in [1.165, 1.54) is 0 Å². The van der Waals surface area contributed by atoms with Crippen LogP contribution in [0.4, 0.5) is 0 Å². The zero-order valence-corrected chi connectivity index (χ0v) is 15.1. The molecule has 0 atom stereocenters. The molecule has 0 aliphatic rings. The van der Waals surface area contributed by atoms with Gasteiger partial charge in [0.25, 0.3) is 5.91 Å². The first-order valence-electron chi connectivity index (χ1n) is 7.33. The lowest BCUT2D eigenvalue weighted by atomic mass is 10.1. The molecule has 0 radical (unpaired) electrons. The number of nitrogens with zero attached hydrogens (tertiary/aromatic N) is 2. The lowest BCUT2D eigenvalue weighted by molar-refractivity contribution is 0.0946. The Kier molecular flexibility index (Phi) is 5.53. The van der Waals surface area contributed by atoms with E-state index in [2.05, 4.69) is 15.3 Å². The van der Waals surface area contributed by atoms with Gasteiger partial charge >= 0.3 is 0 Å². The average molecular weight is 393 g/mol. The number of benzene rings is 1. The standard InChI is InChI=1S/C18H12Cl3N3O/c19-13-5-3-11(8-15(13)21)9-24-18(25)16-6-4-12(10-23-16)17-14(20)2-1-7-22-17/h1-8,10H,9H2,(H,24,25). The third-order valence-electron chi connectivity index (χ3n) is 3.47. The minimum atomic E-state index is -0.287. The molecule has 1 amide bonds. The maximum atomic E-state index is 12.2. The Bertz CT molecular complexity index is 914. The highest BCUT2D eigenvalue weighted by Gasteiger charge is 2.10. The summed E-state index contributed by atoms with van der Waals surface area (Å²) in [5, 5.41) is 4.24. The van der Waals surface area contributed by atoms with E-state index in [-0.39, 0.29) is 5.91 Å². The molecule has 0 spiro atoms. The van der Waals surface area contributed by atoms with Gasteiger partial charge in [0.1, 0.15) is 5.69 Å². The highest BCUT2D eigenvalue weighted by molar-refractivity contribution is 6.42. The van der Waals surface area contributed by atoms with Crippen LogP contribution in [-0.2, 0) is 6.54 Å². The number of amides is 1. The van der Waals surface area contributed by atoms with Crippen molar-refractivity contribution in [3.05, 3.63) is 81.2 Å². The predicted molar refractivity (Wildman–Crippen MR) is 100 cm³/mol. The molecule has 3 rings (SSSR count). The fourth-order valence-electron chi connectivity index (χ4n) is 2.19. The number of hydrogen-bond donors (Lipinski definition) is 1. The summed E-state index contributed by atoms with van der Waals surface area (Å²) >= 11 is 17.9. The second-order valence-electron chi connectivity index (χ2n) is 5.20. The smallest absolute Gasteiger partial charge is 0.270 e. The molecule has 0 saturated heterocycles. The van der Waals surface area contributed by atoms with E-state index < -0.39 is 0 Å². The van der Waals surface area contributed by atoms with Crippen LogP contribution in [0.15, 0.2) is 54.9 Å². The highest BCUT2D eigenvalue weighted by Crippen LogP contribution is 2.24. The fraction of sp³-hybridized carbons (Fsp3) is 0.0556. The molecular weight excluding hydrogens is 381 g/mol. The van der Waals surface area contributed by atoms with Crippen LogP contribution in [0.5, 0.6) is 0 Å². The Morgan fingerprint density at radius 3 is 2.48 bits per heavy atom. The molecule has 2 aromatic heterocycles. The number of rotatable bonds is 4. The third-order valence-corrected chi connectivity index (χ3v) is 4.51. The molecule has 7 heteroatoms. The molecule has 0 unspecified atom stereocenters. The van der Waals surface area contributed by atoms with Crippen LogP contribution in [-0.4, -0.2) is 15.9 Å². The van der Waals surface area contributed by atoms with Crippen LogP contribution in [0.1, 0.15) is 16.1 Å². The molecule has 1 aromatic carbocycles. The summed E-state index contributed by atoms with van der Waals surface area (Å²) in [6, 6.07) is 12.1. The van der Waals surface area contributed by atoms with Gasteiger partial charge in [0, 0.05) is 24.5 Å². The van der Waals surface area contributed by atoms with Crippen LogP contribution in [0.2, 0.25) is 15.1 Å². The van der Waals surface area contributed by atoms with Gasteiger partial charge < -0.3 is 5.32 Å². The van der Waals surface area contributed by atoms with Crippen LogP contribution in [0.25, 0.3) is 11.3 Å². The zero-order valence-electron chi connectivity index (χ0n) is 12.8. The van der Waals surface area contributed by atoms with E-state index >= 15 is 0 Å². The molecule has 0 aliphatic carbocycles. The minimum Gasteiger partial charge on any atom is -0.347 e. The molecule has 3 aromatic rings. The first-order valence-corrected chi connectivity index (χ1v) is 8.47. The van der Waals surface area contributed by atoms with E-state index in [9.17, 15) is 4.79 Å². The first kappa shape index (κ1) is 17.7. The van der Waals surface area contributed by atoms with Crippen LogP contribution < -0.4 is 5.32 Å². The van der Waals surface area contributed by atoms with Gasteiger partial charge in [-0.25, -0.2) is 0 Å². The van der Waals surface area contributed by atoms with E-state index in [0.717, 1.165) is 11.1 Å². The molecule has 1 N–H and O–H groups in total. The van der Waals surface area contributed by atoms with Crippen molar-refractivity contribution in [3.63, 3.8) is 0 Å². The highest BCUT2D eigenvalue weighted by atomic mass is 35.5. The van der Waals surface area contributed by atoms with E-state index in [4.69, 9.17) is 34.8 Å². The molecule has 4 nitrogen and oxygen atoms in total. The van der Waals surface area contributed by atoms with Gasteiger partial charge in [0.2, 0.25) is 0 Å². The molecule has 0 saturated carbocycles. The molecule has 25 heavy (non-hydrogen) atoms. The molecule has 0 fully saturated rings. The minimum absolute atomic E-state index is 0.287. The number of aromatic nitrogens is 2. The van der Waals surface area contributed by atoms with Crippen molar-refractivity contribution < 1.29 is 4.79 Å². The Balaban J connectivity index is 1.68. The van der Waals surface area contributed by atoms with Gasteiger partial charge in [-0.15, -0.1) is 0 Å². The molecule has 126 valence electrons. The number of hydrogen-bond acceptors (Lipinski definition) is 3. The molecule has 0 bridgehead atoms. The molecule has 2 heterocycles. The van der Waals surface area contributed by atoms with Gasteiger partial charge in [-0.2, -0.15) is 0 Å². The fourth-order valence-corrected chi connectivity index (χ4v) is 2.74. The molecule has 0 aliphatic heterocycles. The number of carbonyl (C=O) groups is 1. The lowest BCUT2D eigenvalue weighted by Crippen LogP contribution is -2.23. The number of halogens is 3. The summed E-state index contributed by atoms with van der Waals surface area (Å²) in [6.45, 7) is 0.325. The topological polar surface area (TPSA) is 54.9 Å². The normalized spacial score (nSPS) is 10.5. The number of nitrogens with one attached hydrogen (secondary N) is 1. The van der Waals surface area contributed by atoms with Gasteiger partial charge in [-0.1, -0.05) is 40.9 Å². The largest absolute Gasteiger partial charge is 0.347 e. The van der Waals surface area contributed by atoms with Crippen LogP contribution in [0.3, 0.4) is 0 Å². The predicted octanol–water partition coefficient (Wildman–Crippen LogP) is 5.03. The maximum Gasteiger partial charge on any atom is 0.270 e. The van der Waals surface area contributed by atoms with E-state index in [1.54, 1.807) is 54.9 Å². The van der Waals surface area contributed by atoms with Crippen molar-refractivity contribution in [1.29, 1.82) is 0 Å². The van der Waals surface area contributed by atoms with Crippen molar-refractivity contribution in [2.75, 3.05) is 0 Å². The van der Waals surface area contributed by atoms with Crippen LogP contribution in [0, 0.1) is 0 Å².